The summed E-state index contributed by atoms with van der Waals surface area (Å²) in [4.78, 5) is 11.0. The molecular formula is C12H13BrN4OS. The summed E-state index contributed by atoms with van der Waals surface area (Å²) in [5.41, 5.74) is 6.39. The van der Waals surface area contributed by atoms with Crippen molar-refractivity contribution in [3.8, 4) is 0 Å². The summed E-state index contributed by atoms with van der Waals surface area (Å²) >= 11 is 4.97. The average Bonchev–Trinajstić information content (AvgIpc) is 2.68. The van der Waals surface area contributed by atoms with E-state index >= 15 is 0 Å². The van der Waals surface area contributed by atoms with E-state index in [2.05, 4.69) is 32.2 Å². The van der Waals surface area contributed by atoms with Crippen molar-refractivity contribution in [2.24, 2.45) is 5.73 Å². The van der Waals surface area contributed by atoms with Crippen LogP contribution in [0.4, 0.5) is 0 Å². The monoisotopic (exact) mass is 340 g/mol. The van der Waals surface area contributed by atoms with E-state index in [0.29, 0.717) is 11.0 Å². The number of aryl methyl sites for hydroxylation is 1. The molecule has 2 rings (SSSR count). The number of primary amides is 1. The van der Waals surface area contributed by atoms with Crippen molar-refractivity contribution in [1.29, 1.82) is 0 Å². The second kappa shape index (κ2) is 6.21. The number of carbonyl (C=O) groups excluding carboxylic acids is 1. The van der Waals surface area contributed by atoms with E-state index in [9.17, 15) is 4.79 Å². The zero-order valence-corrected chi connectivity index (χ0v) is 12.7. The minimum absolute atomic E-state index is 0.111. The lowest BCUT2D eigenvalue weighted by Gasteiger charge is -2.06. The van der Waals surface area contributed by atoms with E-state index in [1.165, 1.54) is 17.3 Å². The molecule has 0 spiro atoms. The molecule has 19 heavy (non-hydrogen) atoms. The van der Waals surface area contributed by atoms with Crippen molar-refractivity contribution in [3.05, 3.63) is 40.1 Å². The standard InChI is InChI=1S/C12H13BrN4OS/c1-8-15-16-12(17(8)6-11(14)18)19-7-9-3-2-4-10(13)5-9/h2-5H,6-7H2,1H3,(H2,14,18). The van der Waals surface area contributed by atoms with Crippen LogP contribution >= 0.6 is 27.7 Å². The molecule has 2 aromatic rings. The molecule has 0 aliphatic heterocycles. The lowest BCUT2D eigenvalue weighted by atomic mass is 10.2. The van der Waals surface area contributed by atoms with Crippen LogP contribution < -0.4 is 5.73 Å². The summed E-state index contributed by atoms with van der Waals surface area (Å²) in [7, 11) is 0. The zero-order chi connectivity index (χ0) is 13.8. The number of nitrogens with zero attached hydrogens (tertiary/aromatic N) is 3. The quantitative estimate of drug-likeness (QED) is 0.846. The molecule has 2 N–H and O–H groups in total. The highest BCUT2D eigenvalue weighted by molar-refractivity contribution is 9.10. The molecule has 0 aliphatic rings. The Morgan fingerprint density at radius 3 is 2.95 bits per heavy atom. The van der Waals surface area contributed by atoms with Crippen molar-refractivity contribution in [2.75, 3.05) is 0 Å². The van der Waals surface area contributed by atoms with Crippen LogP contribution in [0.15, 0.2) is 33.9 Å². The summed E-state index contributed by atoms with van der Waals surface area (Å²) in [5, 5.41) is 8.74. The Kier molecular flexibility index (Phi) is 4.60. The fourth-order valence-electron chi connectivity index (χ4n) is 1.58. The molecule has 100 valence electrons. The molecule has 1 aromatic carbocycles. The van der Waals surface area contributed by atoms with Gasteiger partial charge in [0, 0.05) is 10.2 Å². The van der Waals surface area contributed by atoms with Crippen LogP contribution in [0, 0.1) is 6.92 Å². The molecule has 0 radical (unpaired) electrons. The van der Waals surface area contributed by atoms with Crippen LogP contribution in [-0.4, -0.2) is 20.7 Å². The van der Waals surface area contributed by atoms with Gasteiger partial charge in [0.1, 0.15) is 12.4 Å². The summed E-state index contributed by atoms with van der Waals surface area (Å²) in [6.07, 6.45) is 0. The number of carbonyl (C=O) groups is 1. The van der Waals surface area contributed by atoms with Crippen molar-refractivity contribution in [3.63, 3.8) is 0 Å². The van der Waals surface area contributed by atoms with Crippen molar-refractivity contribution in [2.45, 2.75) is 24.4 Å². The van der Waals surface area contributed by atoms with E-state index in [0.717, 1.165) is 10.2 Å². The van der Waals surface area contributed by atoms with Crippen LogP contribution in [0.25, 0.3) is 0 Å². The zero-order valence-electron chi connectivity index (χ0n) is 10.3. The largest absolute Gasteiger partial charge is 0.368 e. The Bertz CT molecular complexity index is 599. The Balaban J connectivity index is 2.09. The van der Waals surface area contributed by atoms with E-state index in [-0.39, 0.29) is 6.54 Å². The van der Waals surface area contributed by atoms with Gasteiger partial charge in [-0.2, -0.15) is 0 Å². The number of halogens is 1. The number of thioether (sulfide) groups is 1. The maximum Gasteiger partial charge on any atom is 0.237 e. The van der Waals surface area contributed by atoms with Gasteiger partial charge in [-0.25, -0.2) is 0 Å². The first kappa shape index (κ1) is 14.1. The highest BCUT2D eigenvalue weighted by Gasteiger charge is 2.11. The van der Waals surface area contributed by atoms with Crippen molar-refractivity contribution in [1.82, 2.24) is 14.8 Å². The SMILES string of the molecule is Cc1nnc(SCc2cccc(Br)c2)n1CC(N)=O. The van der Waals surface area contributed by atoms with Crippen LogP contribution in [0.2, 0.25) is 0 Å². The van der Waals surface area contributed by atoms with Gasteiger partial charge >= 0.3 is 0 Å². The van der Waals surface area contributed by atoms with Gasteiger partial charge in [0.05, 0.1) is 0 Å². The Hall–Kier alpha value is -1.34. The average molecular weight is 341 g/mol. The van der Waals surface area contributed by atoms with Gasteiger partial charge in [0.25, 0.3) is 0 Å². The summed E-state index contributed by atoms with van der Waals surface area (Å²) in [6, 6.07) is 8.06. The van der Waals surface area contributed by atoms with Gasteiger partial charge in [-0.3, -0.25) is 9.36 Å². The summed E-state index contributed by atoms with van der Waals surface area (Å²) in [6.45, 7) is 1.92. The first-order valence-corrected chi connectivity index (χ1v) is 7.39. The number of nitrogens with two attached hydrogens (primary N) is 1. The molecule has 0 saturated carbocycles. The van der Waals surface area contributed by atoms with Gasteiger partial charge in [0.2, 0.25) is 5.91 Å². The van der Waals surface area contributed by atoms with Gasteiger partial charge in [-0.05, 0) is 24.6 Å². The fourth-order valence-corrected chi connectivity index (χ4v) is 2.95. The van der Waals surface area contributed by atoms with E-state index < -0.39 is 5.91 Å². The van der Waals surface area contributed by atoms with Crippen molar-refractivity contribution >= 4 is 33.6 Å². The molecule has 1 aromatic heterocycles. The molecule has 0 atom stereocenters. The molecule has 0 unspecified atom stereocenters. The molecule has 0 bridgehead atoms. The third kappa shape index (κ3) is 3.81. The third-order valence-corrected chi connectivity index (χ3v) is 4.00. The van der Waals surface area contributed by atoms with Gasteiger partial charge in [-0.1, -0.05) is 39.8 Å². The normalized spacial score (nSPS) is 10.6. The van der Waals surface area contributed by atoms with Crippen LogP contribution in [-0.2, 0) is 17.1 Å². The van der Waals surface area contributed by atoms with Crippen LogP contribution in [0.3, 0.4) is 0 Å². The molecule has 0 saturated heterocycles. The predicted molar refractivity (Wildman–Crippen MR) is 77.7 cm³/mol. The lowest BCUT2D eigenvalue weighted by molar-refractivity contribution is -0.118. The van der Waals surface area contributed by atoms with Gasteiger partial charge < -0.3 is 5.73 Å². The van der Waals surface area contributed by atoms with Gasteiger partial charge in [-0.15, -0.1) is 10.2 Å². The molecule has 7 heteroatoms. The maximum atomic E-state index is 11.0. The smallest absolute Gasteiger partial charge is 0.237 e. The first-order chi connectivity index (χ1) is 9.06. The highest BCUT2D eigenvalue weighted by Crippen LogP contribution is 2.23. The molecule has 1 heterocycles. The Morgan fingerprint density at radius 2 is 2.26 bits per heavy atom. The number of rotatable bonds is 5. The number of hydrogen-bond donors (Lipinski definition) is 1. The minimum atomic E-state index is -0.396. The molecule has 0 aliphatic carbocycles. The second-order valence-corrected chi connectivity index (χ2v) is 5.86. The molecule has 5 nitrogen and oxygen atoms in total. The number of benzene rings is 1. The number of amides is 1. The van der Waals surface area contributed by atoms with Crippen LogP contribution in [0.5, 0.6) is 0 Å². The molecule has 0 fully saturated rings. The molecule has 1 amide bonds. The molecular weight excluding hydrogens is 328 g/mol. The fraction of sp³-hybridized carbons (Fsp3) is 0.250. The first-order valence-electron chi connectivity index (χ1n) is 5.61. The second-order valence-electron chi connectivity index (χ2n) is 4.00. The Labute approximate surface area is 123 Å². The topological polar surface area (TPSA) is 73.8 Å². The van der Waals surface area contributed by atoms with E-state index in [1.807, 2.05) is 18.2 Å². The summed E-state index contributed by atoms with van der Waals surface area (Å²) in [5.74, 6) is 1.05. The minimum Gasteiger partial charge on any atom is -0.368 e. The van der Waals surface area contributed by atoms with Gasteiger partial charge in [0.15, 0.2) is 5.16 Å². The predicted octanol–water partition coefficient (Wildman–Crippen LogP) is 2.13. The Morgan fingerprint density at radius 1 is 1.47 bits per heavy atom. The summed E-state index contributed by atoms with van der Waals surface area (Å²) < 4.78 is 2.77. The van der Waals surface area contributed by atoms with Crippen LogP contribution in [0.1, 0.15) is 11.4 Å². The number of hydrogen-bond acceptors (Lipinski definition) is 4. The van der Waals surface area contributed by atoms with E-state index in [4.69, 9.17) is 5.73 Å². The van der Waals surface area contributed by atoms with Crippen molar-refractivity contribution < 1.29 is 4.79 Å². The third-order valence-electron chi connectivity index (χ3n) is 2.47. The maximum absolute atomic E-state index is 11.0. The number of aromatic nitrogens is 3. The lowest BCUT2D eigenvalue weighted by Crippen LogP contribution is -2.20. The van der Waals surface area contributed by atoms with E-state index in [1.54, 1.807) is 11.5 Å². The highest BCUT2D eigenvalue weighted by atomic mass is 79.9.